The summed E-state index contributed by atoms with van der Waals surface area (Å²) in [6.07, 6.45) is 3.33. The van der Waals surface area contributed by atoms with Gasteiger partial charge in [-0.2, -0.15) is 9.40 Å². The van der Waals surface area contributed by atoms with Crippen molar-refractivity contribution in [3.63, 3.8) is 0 Å². The van der Waals surface area contributed by atoms with Crippen molar-refractivity contribution >= 4 is 32.6 Å². The van der Waals surface area contributed by atoms with Crippen LogP contribution in [0.1, 0.15) is 5.56 Å². The molecular weight excluding hydrogens is 518 g/mol. The maximum atomic E-state index is 13.4. The molecule has 0 saturated carbocycles. The van der Waals surface area contributed by atoms with E-state index in [0.717, 1.165) is 48.8 Å². The Morgan fingerprint density at radius 3 is 2.41 bits per heavy atom. The van der Waals surface area contributed by atoms with Crippen LogP contribution in [-0.2, 0) is 21.3 Å². The number of morpholine rings is 1. The van der Waals surface area contributed by atoms with Crippen LogP contribution < -0.4 is 14.5 Å². The Hall–Kier alpha value is -3.74. The largest absolute Gasteiger partial charge is 0.495 e. The molecule has 204 valence electrons. The van der Waals surface area contributed by atoms with Gasteiger partial charge in [-0.15, -0.1) is 0 Å². The molecule has 39 heavy (non-hydrogen) atoms. The second-order valence-corrected chi connectivity index (χ2v) is 11.4. The van der Waals surface area contributed by atoms with Crippen LogP contribution in [0.2, 0.25) is 0 Å². The average molecular weight is 550 g/mol. The number of para-hydroxylation sites is 2. The van der Waals surface area contributed by atoms with Crippen molar-refractivity contribution in [2.24, 2.45) is 0 Å². The fourth-order valence-corrected chi connectivity index (χ4v) is 6.89. The number of ether oxygens (including phenoxy) is 2. The molecular formula is C27H31N7O4S. The summed E-state index contributed by atoms with van der Waals surface area (Å²) < 4.78 is 41.0. The number of hydrogen-bond acceptors (Lipinski definition) is 9. The minimum Gasteiger partial charge on any atom is -0.495 e. The lowest BCUT2D eigenvalue weighted by atomic mass is 10.2. The number of sulfonamides is 1. The van der Waals surface area contributed by atoms with E-state index >= 15 is 0 Å². The van der Waals surface area contributed by atoms with Gasteiger partial charge in [-0.3, -0.25) is 0 Å². The second-order valence-electron chi connectivity index (χ2n) is 9.51. The first kappa shape index (κ1) is 25.5. The zero-order valence-electron chi connectivity index (χ0n) is 21.8. The van der Waals surface area contributed by atoms with Crippen LogP contribution in [0, 0.1) is 0 Å². The molecule has 2 aliphatic rings. The minimum atomic E-state index is -3.65. The van der Waals surface area contributed by atoms with Crippen molar-refractivity contribution in [2.75, 3.05) is 69.4 Å². The van der Waals surface area contributed by atoms with Gasteiger partial charge >= 0.3 is 0 Å². The van der Waals surface area contributed by atoms with E-state index in [-0.39, 0.29) is 11.4 Å². The molecule has 2 saturated heterocycles. The summed E-state index contributed by atoms with van der Waals surface area (Å²) >= 11 is 0. The van der Waals surface area contributed by atoms with E-state index in [1.165, 1.54) is 4.31 Å². The zero-order valence-corrected chi connectivity index (χ0v) is 22.6. The van der Waals surface area contributed by atoms with Gasteiger partial charge in [-0.25, -0.2) is 23.1 Å². The SMILES string of the molecule is COc1ccccc1N1CCN(c2ncnc3c2cnn3Cc2ccccc2S(=O)(=O)N2CCOCC2)CC1. The molecule has 2 aromatic carbocycles. The number of nitrogens with zero attached hydrogens (tertiary/aromatic N) is 7. The number of hydrogen-bond donors (Lipinski definition) is 0. The predicted molar refractivity (Wildman–Crippen MR) is 148 cm³/mol. The summed E-state index contributed by atoms with van der Waals surface area (Å²) in [4.78, 5) is 14.0. The van der Waals surface area contributed by atoms with Crippen LogP contribution in [0.4, 0.5) is 11.5 Å². The monoisotopic (exact) mass is 549 g/mol. The van der Waals surface area contributed by atoms with E-state index in [1.54, 1.807) is 36.4 Å². The summed E-state index contributed by atoms with van der Waals surface area (Å²) in [6.45, 7) is 5.01. The van der Waals surface area contributed by atoms with Crippen molar-refractivity contribution in [3.05, 3.63) is 66.6 Å². The third kappa shape index (κ3) is 4.90. The first-order valence-electron chi connectivity index (χ1n) is 13.0. The molecule has 0 bridgehead atoms. The molecule has 12 heteroatoms. The Kier molecular flexibility index (Phi) is 7.07. The number of fused-ring (bicyclic) bond motifs is 1. The number of piperazine rings is 1. The number of aromatic nitrogens is 4. The Balaban J connectivity index is 1.24. The van der Waals surface area contributed by atoms with Gasteiger partial charge in [0.25, 0.3) is 0 Å². The standard InChI is InChI=1S/C27H31N7O4S/c1-37-24-8-4-3-7-23(24)31-10-12-32(13-11-31)26-22-18-30-34(27(22)29-20-28-26)19-21-6-2-5-9-25(21)39(35,36)33-14-16-38-17-15-33/h2-9,18,20H,10-17,19H2,1H3. The van der Waals surface area contributed by atoms with E-state index in [1.807, 2.05) is 30.3 Å². The van der Waals surface area contributed by atoms with Gasteiger partial charge in [0.15, 0.2) is 5.65 Å². The third-order valence-electron chi connectivity index (χ3n) is 7.30. The van der Waals surface area contributed by atoms with Gasteiger partial charge in [0.05, 0.1) is 49.0 Å². The van der Waals surface area contributed by atoms with Crippen molar-refractivity contribution < 1.29 is 17.9 Å². The van der Waals surface area contributed by atoms with E-state index in [9.17, 15) is 8.42 Å². The van der Waals surface area contributed by atoms with Crippen molar-refractivity contribution in [1.82, 2.24) is 24.1 Å². The molecule has 4 heterocycles. The normalized spacial score (nSPS) is 17.1. The van der Waals surface area contributed by atoms with Crippen LogP contribution in [0.15, 0.2) is 66.0 Å². The van der Waals surface area contributed by atoms with Gasteiger partial charge in [0.1, 0.15) is 17.9 Å². The maximum Gasteiger partial charge on any atom is 0.243 e. The number of anilines is 2. The van der Waals surface area contributed by atoms with Crippen LogP contribution in [-0.4, -0.2) is 92.1 Å². The lowest BCUT2D eigenvalue weighted by molar-refractivity contribution is 0.0730. The Morgan fingerprint density at radius 2 is 1.62 bits per heavy atom. The molecule has 0 spiro atoms. The lowest BCUT2D eigenvalue weighted by Crippen LogP contribution is -2.47. The van der Waals surface area contributed by atoms with Crippen LogP contribution >= 0.6 is 0 Å². The van der Waals surface area contributed by atoms with Crippen LogP contribution in [0.25, 0.3) is 11.0 Å². The van der Waals surface area contributed by atoms with Gasteiger partial charge in [-0.05, 0) is 23.8 Å². The van der Waals surface area contributed by atoms with E-state index in [4.69, 9.17) is 9.47 Å². The molecule has 0 amide bonds. The molecule has 0 unspecified atom stereocenters. The summed E-state index contributed by atoms with van der Waals surface area (Å²) in [7, 11) is -1.95. The topological polar surface area (TPSA) is 106 Å². The molecule has 6 rings (SSSR count). The van der Waals surface area contributed by atoms with Crippen LogP contribution in [0.3, 0.4) is 0 Å². The Morgan fingerprint density at radius 1 is 0.897 bits per heavy atom. The lowest BCUT2D eigenvalue weighted by Gasteiger charge is -2.37. The first-order chi connectivity index (χ1) is 19.1. The Bertz CT molecular complexity index is 1560. The quantitative estimate of drug-likeness (QED) is 0.343. The molecule has 11 nitrogen and oxygen atoms in total. The maximum absolute atomic E-state index is 13.4. The Labute approximate surface area is 227 Å². The molecule has 2 aromatic heterocycles. The van der Waals surface area contributed by atoms with Gasteiger partial charge < -0.3 is 19.3 Å². The van der Waals surface area contributed by atoms with Crippen LogP contribution in [0.5, 0.6) is 5.75 Å². The minimum absolute atomic E-state index is 0.279. The number of methoxy groups -OCH3 is 1. The fraction of sp³-hybridized carbons (Fsp3) is 0.370. The van der Waals surface area contributed by atoms with E-state index in [2.05, 4.69) is 30.9 Å². The molecule has 4 aromatic rings. The van der Waals surface area contributed by atoms with Crippen molar-refractivity contribution in [1.29, 1.82) is 0 Å². The van der Waals surface area contributed by atoms with E-state index in [0.29, 0.717) is 37.5 Å². The molecule has 2 fully saturated rings. The summed E-state index contributed by atoms with van der Waals surface area (Å²) in [5.41, 5.74) is 2.43. The zero-order chi connectivity index (χ0) is 26.8. The summed E-state index contributed by atoms with van der Waals surface area (Å²) in [5.74, 6) is 1.70. The highest BCUT2D eigenvalue weighted by molar-refractivity contribution is 7.89. The first-order valence-corrected chi connectivity index (χ1v) is 14.5. The highest BCUT2D eigenvalue weighted by atomic mass is 32.2. The molecule has 0 radical (unpaired) electrons. The predicted octanol–water partition coefficient (Wildman–Crippen LogP) is 2.23. The molecule has 0 N–H and O–H groups in total. The average Bonchev–Trinajstić information content (AvgIpc) is 3.40. The van der Waals surface area contributed by atoms with Crippen molar-refractivity contribution in [2.45, 2.75) is 11.4 Å². The molecule has 0 atom stereocenters. The summed E-state index contributed by atoms with van der Waals surface area (Å²) in [5, 5.41) is 5.44. The third-order valence-corrected chi connectivity index (χ3v) is 9.30. The van der Waals surface area contributed by atoms with Gasteiger partial charge in [-0.1, -0.05) is 30.3 Å². The number of benzene rings is 2. The smallest absolute Gasteiger partial charge is 0.243 e. The van der Waals surface area contributed by atoms with E-state index < -0.39 is 10.0 Å². The van der Waals surface area contributed by atoms with Gasteiger partial charge in [0.2, 0.25) is 10.0 Å². The molecule has 2 aliphatic heterocycles. The second kappa shape index (κ2) is 10.8. The highest BCUT2D eigenvalue weighted by Crippen LogP contribution is 2.31. The fourth-order valence-electron chi connectivity index (χ4n) is 5.27. The van der Waals surface area contributed by atoms with Gasteiger partial charge in [0, 0.05) is 39.3 Å². The number of rotatable bonds is 7. The molecule has 0 aliphatic carbocycles. The van der Waals surface area contributed by atoms with Crippen molar-refractivity contribution in [3.8, 4) is 5.75 Å². The highest BCUT2D eigenvalue weighted by Gasteiger charge is 2.29. The summed E-state index contributed by atoms with van der Waals surface area (Å²) in [6, 6.07) is 15.2.